The third kappa shape index (κ3) is 4.96. The van der Waals surface area contributed by atoms with Crippen LogP contribution in [0.1, 0.15) is 71.1 Å². The molecule has 3 N–H and O–H groups in total. The van der Waals surface area contributed by atoms with Crippen LogP contribution in [-0.4, -0.2) is 30.7 Å². The lowest BCUT2D eigenvalue weighted by molar-refractivity contribution is -0.136. The fourth-order valence-corrected chi connectivity index (χ4v) is 3.87. The molecule has 0 unspecified atom stereocenters. The number of rotatable bonds is 7. The smallest absolute Gasteiger partial charge is 0.246 e. The Labute approximate surface area is 129 Å². The van der Waals surface area contributed by atoms with Gasteiger partial charge in [-0.15, -0.1) is 0 Å². The Balaban J connectivity index is 1.73. The van der Waals surface area contributed by atoms with Gasteiger partial charge in [0, 0.05) is 12.6 Å². The average molecular weight is 296 g/mol. The number of hydrogen-bond donors (Lipinski definition) is 2. The summed E-state index contributed by atoms with van der Waals surface area (Å²) in [6, 6.07) is 0.371. The van der Waals surface area contributed by atoms with Crippen LogP contribution in [0.5, 0.6) is 0 Å². The van der Waals surface area contributed by atoms with Crippen molar-refractivity contribution < 1.29 is 9.53 Å². The molecule has 0 radical (unpaired) electrons. The van der Waals surface area contributed by atoms with E-state index in [0.29, 0.717) is 12.6 Å². The minimum Gasteiger partial charge on any atom is -0.364 e. The zero-order chi connectivity index (χ0) is 15.1. The van der Waals surface area contributed by atoms with Crippen LogP contribution >= 0.6 is 0 Å². The van der Waals surface area contributed by atoms with E-state index in [4.69, 9.17) is 10.5 Å². The molecule has 0 spiro atoms. The molecule has 122 valence electrons. The van der Waals surface area contributed by atoms with E-state index in [2.05, 4.69) is 12.2 Å². The van der Waals surface area contributed by atoms with Crippen molar-refractivity contribution in [1.82, 2.24) is 5.32 Å². The summed E-state index contributed by atoms with van der Waals surface area (Å²) in [4.78, 5) is 12.0. The van der Waals surface area contributed by atoms with Gasteiger partial charge in [0.25, 0.3) is 0 Å². The molecule has 1 amide bonds. The van der Waals surface area contributed by atoms with Gasteiger partial charge >= 0.3 is 0 Å². The van der Waals surface area contributed by atoms with Gasteiger partial charge in [-0.05, 0) is 44.4 Å². The van der Waals surface area contributed by atoms with Crippen LogP contribution in [0.25, 0.3) is 0 Å². The molecule has 0 heterocycles. The first-order valence-corrected chi connectivity index (χ1v) is 8.81. The molecule has 2 fully saturated rings. The third-order valence-electron chi connectivity index (χ3n) is 5.32. The minimum atomic E-state index is -0.253. The van der Waals surface area contributed by atoms with Gasteiger partial charge in [-0.25, -0.2) is 0 Å². The largest absolute Gasteiger partial charge is 0.364 e. The fraction of sp³-hybridized carbons (Fsp3) is 0.941. The summed E-state index contributed by atoms with van der Waals surface area (Å²) >= 11 is 0. The molecular weight excluding hydrogens is 264 g/mol. The summed E-state index contributed by atoms with van der Waals surface area (Å²) in [6.07, 6.45) is 11.7. The van der Waals surface area contributed by atoms with Crippen molar-refractivity contribution in [2.24, 2.45) is 11.7 Å². The number of nitrogens with two attached hydrogens (primary N) is 1. The normalized spacial score (nSPS) is 30.5. The van der Waals surface area contributed by atoms with Gasteiger partial charge in [-0.1, -0.05) is 32.6 Å². The summed E-state index contributed by atoms with van der Waals surface area (Å²) in [5, 5.41) is 3.08. The number of hydrogen-bond acceptors (Lipinski definition) is 3. The maximum Gasteiger partial charge on any atom is 0.246 e. The molecule has 21 heavy (non-hydrogen) atoms. The minimum absolute atomic E-state index is 0.0328. The van der Waals surface area contributed by atoms with Crippen LogP contribution in [0.2, 0.25) is 0 Å². The Morgan fingerprint density at radius 2 is 1.90 bits per heavy atom. The molecule has 4 nitrogen and oxygen atoms in total. The maximum absolute atomic E-state index is 12.0. The SMILES string of the molecule is CCCC1CCC(CN)(OCC(=O)NC2CCCC2)CC1. The van der Waals surface area contributed by atoms with E-state index in [-0.39, 0.29) is 18.1 Å². The van der Waals surface area contributed by atoms with Crippen molar-refractivity contribution in [3.05, 3.63) is 0 Å². The molecule has 0 aromatic carbocycles. The molecule has 0 aromatic heterocycles. The highest BCUT2D eigenvalue weighted by Gasteiger charge is 2.35. The van der Waals surface area contributed by atoms with E-state index in [0.717, 1.165) is 31.6 Å². The molecule has 4 heteroatoms. The molecule has 0 atom stereocenters. The van der Waals surface area contributed by atoms with E-state index >= 15 is 0 Å². The van der Waals surface area contributed by atoms with Gasteiger partial charge in [-0.3, -0.25) is 4.79 Å². The molecule has 0 aliphatic heterocycles. The van der Waals surface area contributed by atoms with Crippen molar-refractivity contribution in [3.8, 4) is 0 Å². The number of carbonyl (C=O) groups is 1. The van der Waals surface area contributed by atoms with Gasteiger partial charge in [0.15, 0.2) is 0 Å². The van der Waals surface area contributed by atoms with E-state index in [1.165, 1.54) is 38.5 Å². The fourth-order valence-electron chi connectivity index (χ4n) is 3.87. The number of nitrogens with one attached hydrogen (secondary N) is 1. The zero-order valence-corrected chi connectivity index (χ0v) is 13.5. The Kier molecular flexibility index (Phi) is 6.49. The van der Waals surface area contributed by atoms with Crippen LogP contribution < -0.4 is 11.1 Å². The van der Waals surface area contributed by atoms with E-state index in [9.17, 15) is 4.79 Å². The Morgan fingerprint density at radius 3 is 2.48 bits per heavy atom. The van der Waals surface area contributed by atoms with Crippen molar-refractivity contribution in [2.45, 2.75) is 82.8 Å². The highest BCUT2D eigenvalue weighted by atomic mass is 16.5. The highest BCUT2D eigenvalue weighted by Crippen LogP contribution is 2.36. The standard InChI is InChI=1S/C17H32N2O2/c1-2-5-14-8-10-17(13-18,11-9-14)21-12-16(20)19-15-6-3-4-7-15/h14-15H,2-13,18H2,1H3,(H,19,20). The topological polar surface area (TPSA) is 64.3 Å². The molecule has 0 bridgehead atoms. The van der Waals surface area contributed by atoms with E-state index < -0.39 is 0 Å². The molecule has 2 aliphatic rings. The summed E-state index contributed by atoms with van der Waals surface area (Å²) in [7, 11) is 0. The Bertz CT molecular complexity index is 319. The zero-order valence-electron chi connectivity index (χ0n) is 13.5. The second-order valence-electron chi connectivity index (χ2n) is 6.96. The van der Waals surface area contributed by atoms with Crippen LogP contribution in [-0.2, 0) is 9.53 Å². The predicted molar refractivity (Wildman–Crippen MR) is 85.0 cm³/mol. The highest BCUT2D eigenvalue weighted by molar-refractivity contribution is 5.77. The quantitative estimate of drug-likeness (QED) is 0.759. The third-order valence-corrected chi connectivity index (χ3v) is 5.32. The van der Waals surface area contributed by atoms with Crippen molar-refractivity contribution >= 4 is 5.91 Å². The first-order valence-electron chi connectivity index (χ1n) is 8.81. The first-order chi connectivity index (χ1) is 10.2. The van der Waals surface area contributed by atoms with Crippen molar-refractivity contribution in [1.29, 1.82) is 0 Å². The summed E-state index contributed by atoms with van der Waals surface area (Å²) in [5.74, 6) is 0.857. The molecular formula is C17H32N2O2. The van der Waals surface area contributed by atoms with Gasteiger partial charge in [0.2, 0.25) is 5.91 Å². The Morgan fingerprint density at radius 1 is 1.24 bits per heavy atom. The average Bonchev–Trinajstić information content (AvgIpc) is 3.00. The molecule has 2 aliphatic carbocycles. The van der Waals surface area contributed by atoms with Gasteiger partial charge in [0.05, 0.1) is 5.60 Å². The monoisotopic (exact) mass is 296 g/mol. The first kappa shape index (κ1) is 16.8. The van der Waals surface area contributed by atoms with Crippen LogP contribution in [0, 0.1) is 5.92 Å². The number of amides is 1. The summed E-state index contributed by atoms with van der Waals surface area (Å²) in [6.45, 7) is 2.95. The number of carbonyl (C=O) groups excluding carboxylic acids is 1. The lowest BCUT2D eigenvalue weighted by Gasteiger charge is -2.39. The molecule has 0 saturated heterocycles. The maximum atomic E-state index is 12.0. The van der Waals surface area contributed by atoms with Crippen LogP contribution in [0.3, 0.4) is 0 Å². The van der Waals surface area contributed by atoms with Crippen LogP contribution in [0.4, 0.5) is 0 Å². The number of ether oxygens (including phenoxy) is 1. The second-order valence-corrected chi connectivity index (χ2v) is 6.96. The van der Waals surface area contributed by atoms with E-state index in [1.54, 1.807) is 0 Å². The molecule has 2 rings (SSSR count). The van der Waals surface area contributed by atoms with Gasteiger partial charge in [0.1, 0.15) is 6.61 Å². The van der Waals surface area contributed by atoms with Crippen molar-refractivity contribution in [3.63, 3.8) is 0 Å². The lowest BCUT2D eigenvalue weighted by atomic mass is 9.77. The molecule has 2 saturated carbocycles. The molecule has 0 aromatic rings. The van der Waals surface area contributed by atoms with Gasteiger partial charge in [-0.2, -0.15) is 0 Å². The summed E-state index contributed by atoms with van der Waals surface area (Å²) < 4.78 is 5.98. The predicted octanol–water partition coefficient (Wildman–Crippen LogP) is 2.75. The Hall–Kier alpha value is -0.610. The summed E-state index contributed by atoms with van der Waals surface area (Å²) in [5.41, 5.74) is 5.70. The van der Waals surface area contributed by atoms with E-state index in [1.807, 2.05) is 0 Å². The lowest BCUT2D eigenvalue weighted by Crippen LogP contribution is -2.46. The van der Waals surface area contributed by atoms with Crippen LogP contribution in [0.15, 0.2) is 0 Å². The van der Waals surface area contributed by atoms with Gasteiger partial charge < -0.3 is 15.8 Å². The van der Waals surface area contributed by atoms with Crippen molar-refractivity contribution in [2.75, 3.05) is 13.2 Å². The second kappa shape index (κ2) is 8.14.